The lowest BCUT2D eigenvalue weighted by Crippen LogP contribution is -1.96. The van der Waals surface area contributed by atoms with Gasteiger partial charge in [0.25, 0.3) is 0 Å². The molecule has 66 valence electrons. The van der Waals surface area contributed by atoms with Gasteiger partial charge in [-0.1, -0.05) is 0 Å². The summed E-state index contributed by atoms with van der Waals surface area (Å²) < 4.78 is 30.3. The molecule has 1 aromatic carbocycles. The molecule has 0 aromatic heterocycles. The maximum atomic E-state index is 12.8. The van der Waals surface area contributed by atoms with Gasteiger partial charge >= 0.3 is 0 Å². The molecule has 1 rings (SSSR count). The van der Waals surface area contributed by atoms with Gasteiger partial charge in [-0.05, 0) is 57.3 Å². The van der Waals surface area contributed by atoms with Crippen molar-refractivity contribution in [1.29, 1.82) is 0 Å². The van der Waals surface area contributed by atoms with Gasteiger partial charge in [-0.2, -0.15) is 0 Å². The van der Waals surface area contributed by atoms with Crippen molar-refractivity contribution in [1.82, 2.24) is 0 Å². The third kappa shape index (κ3) is 2.18. The SMILES string of the molecule is FCOc1ccc(F)c(I)c1I. The quantitative estimate of drug-likeness (QED) is 0.551. The van der Waals surface area contributed by atoms with E-state index in [9.17, 15) is 8.78 Å². The summed E-state index contributed by atoms with van der Waals surface area (Å²) in [6, 6.07) is 2.67. The molecule has 5 heteroatoms. The minimum Gasteiger partial charge on any atom is -0.462 e. The Kier molecular flexibility index (Phi) is 3.94. The first-order valence-corrected chi connectivity index (χ1v) is 5.15. The van der Waals surface area contributed by atoms with Gasteiger partial charge in [-0.25, -0.2) is 8.78 Å². The smallest absolute Gasteiger partial charge is 0.228 e. The molecule has 0 aliphatic rings. The summed E-state index contributed by atoms with van der Waals surface area (Å²) in [7, 11) is 0. The second-order valence-electron chi connectivity index (χ2n) is 1.93. The van der Waals surface area contributed by atoms with E-state index >= 15 is 0 Å². The molecule has 0 heterocycles. The van der Waals surface area contributed by atoms with E-state index in [1.807, 2.05) is 45.2 Å². The van der Waals surface area contributed by atoms with Crippen molar-refractivity contribution in [2.75, 3.05) is 6.86 Å². The number of hydrogen-bond acceptors (Lipinski definition) is 1. The zero-order chi connectivity index (χ0) is 9.14. The lowest BCUT2D eigenvalue weighted by molar-refractivity contribution is 0.190. The fourth-order valence-electron chi connectivity index (χ4n) is 0.678. The highest BCUT2D eigenvalue weighted by atomic mass is 127. The maximum Gasteiger partial charge on any atom is 0.228 e. The number of alkyl halides is 1. The van der Waals surface area contributed by atoms with Crippen LogP contribution in [0.25, 0.3) is 0 Å². The topological polar surface area (TPSA) is 9.23 Å². The second kappa shape index (κ2) is 4.54. The summed E-state index contributed by atoms with van der Waals surface area (Å²) in [6.07, 6.45) is 0. The van der Waals surface area contributed by atoms with Crippen molar-refractivity contribution in [2.24, 2.45) is 0 Å². The average molecular weight is 396 g/mol. The molecule has 12 heavy (non-hydrogen) atoms. The summed E-state index contributed by atoms with van der Waals surface area (Å²) in [5.74, 6) is 0.0649. The minimum absolute atomic E-state index is 0.314. The molecule has 1 aromatic rings. The van der Waals surface area contributed by atoms with E-state index in [2.05, 4.69) is 4.74 Å². The van der Waals surface area contributed by atoms with Crippen LogP contribution < -0.4 is 4.74 Å². The van der Waals surface area contributed by atoms with Crippen LogP contribution in [0, 0.1) is 13.0 Å². The molecule has 0 N–H and O–H groups in total. The van der Waals surface area contributed by atoms with E-state index in [4.69, 9.17) is 0 Å². The summed E-state index contributed by atoms with van der Waals surface area (Å²) in [5.41, 5.74) is 0. The van der Waals surface area contributed by atoms with Gasteiger partial charge in [0.2, 0.25) is 6.86 Å². The van der Waals surface area contributed by atoms with Gasteiger partial charge in [-0.15, -0.1) is 0 Å². The molecule has 0 radical (unpaired) electrons. The van der Waals surface area contributed by atoms with Gasteiger partial charge in [0.1, 0.15) is 11.6 Å². The monoisotopic (exact) mass is 396 g/mol. The predicted molar refractivity (Wildman–Crippen MR) is 58.4 cm³/mol. The summed E-state index contributed by atoms with van der Waals surface area (Å²) >= 11 is 3.76. The van der Waals surface area contributed by atoms with Crippen LogP contribution in [-0.4, -0.2) is 6.86 Å². The Morgan fingerprint density at radius 2 is 1.92 bits per heavy atom. The summed E-state index contributed by atoms with van der Waals surface area (Å²) in [6.45, 7) is -0.891. The molecule has 0 atom stereocenters. The molecule has 0 amide bonds. The molecule has 0 saturated carbocycles. The highest BCUT2D eigenvalue weighted by Crippen LogP contribution is 2.27. The van der Waals surface area contributed by atoms with Crippen molar-refractivity contribution in [3.05, 3.63) is 25.1 Å². The van der Waals surface area contributed by atoms with Crippen molar-refractivity contribution < 1.29 is 13.5 Å². The third-order valence-electron chi connectivity index (χ3n) is 1.21. The fourth-order valence-corrected chi connectivity index (χ4v) is 1.72. The van der Waals surface area contributed by atoms with Gasteiger partial charge in [0.15, 0.2) is 0 Å². The Hall–Kier alpha value is 0.340. The van der Waals surface area contributed by atoms with Crippen LogP contribution in [0.3, 0.4) is 0 Å². The molecule has 0 spiro atoms. The predicted octanol–water partition coefficient (Wildman–Crippen LogP) is 3.34. The molecule has 0 saturated heterocycles. The van der Waals surface area contributed by atoms with Gasteiger partial charge in [0.05, 0.1) is 7.14 Å². The molecule has 0 fully saturated rings. The second-order valence-corrected chi connectivity index (χ2v) is 4.08. The van der Waals surface area contributed by atoms with E-state index in [0.717, 1.165) is 0 Å². The molecular formula is C7H4F2I2O. The van der Waals surface area contributed by atoms with Crippen LogP contribution >= 0.6 is 45.2 Å². The standard InChI is InChI=1S/C7H4F2I2O/c8-3-12-5-2-1-4(9)6(10)7(5)11/h1-2H,3H2. The van der Waals surface area contributed by atoms with Crippen molar-refractivity contribution in [2.45, 2.75) is 0 Å². The van der Waals surface area contributed by atoms with E-state index in [1.54, 1.807) is 0 Å². The Balaban J connectivity index is 3.08. The Morgan fingerprint density at radius 1 is 1.25 bits per heavy atom. The summed E-state index contributed by atoms with van der Waals surface area (Å²) in [5, 5.41) is 0. The van der Waals surface area contributed by atoms with E-state index < -0.39 is 6.86 Å². The summed E-state index contributed by atoms with van der Waals surface area (Å²) in [4.78, 5) is 0. The maximum absolute atomic E-state index is 12.8. The Bertz CT molecular complexity index is 291. The molecular weight excluding hydrogens is 392 g/mol. The van der Waals surface area contributed by atoms with Crippen molar-refractivity contribution >= 4 is 45.2 Å². The zero-order valence-corrected chi connectivity index (χ0v) is 10.1. The minimum atomic E-state index is -0.891. The largest absolute Gasteiger partial charge is 0.462 e. The molecule has 0 aliphatic carbocycles. The van der Waals surface area contributed by atoms with Crippen LogP contribution in [-0.2, 0) is 0 Å². The van der Waals surface area contributed by atoms with Crippen molar-refractivity contribution in [3.63, 3.8) is 0 Å². The highest BCUT2D eigenvalue weighted by Gasteiger charge is 2.08. The van der Waals surface area contributed by atoms with Crippen molar-refractivity contribution in [3.8, 4) is 5.75 Å². The van der Waals surface area contributed by atoms with Crippen LogP contribution in [0.1, 0.15) is 0 Å². The van der Waals surface area contributed by atoms with E-state index in [0.29, 0.717) is 12.9 Å². The zero-order valence-electron chi connectivity index (χ0n) is 5.78. The number of ether oxygens (including phenoxy) is 1. The first kappa shape index (κ1) is 10.4. The average Bonchev–Trinajstić information content (AvgIpc) is 2.07. The fraction of sp³-hybridized carbons (Fsp3) is 0.143. The van der Waals surface area contributed by atoms with Gasteiger partial charge in [-0.3, -0.25) is 0 Å². The lowest BCUT2D eigenvalue weighted by Gasteiger charge is -2.05. The number of hydrogen-bond donors (Lipinski definition) is 0. The first-order chi connectivity index (χ1) is 5.66. The number of rotatable bonds is 2. The highest BCUT2D eigenvalue weighted by molar-refractivity contribution is 14.1. The molecule has 0 aliphatic heterocycles. The third-order valence-corrected chi connectivity index (χ3v) is 4.37. The molecule has 0 unspecified atom stereocenters. The van der Waals surface area contributed by atoms with Gasteiger partial charge < -0.3 is 4.74 Å². The van der Waals surface area contributed by atoms with E-state index in [1.165, 1.54) is 12.1 Å². The first-order valence-electron chi connectivity index (χ1n) is 2.99. The number of halogens is 4. The van der Waals surface area contributed by atoms with Crippen LogP contribution in [0.2, 0.25) is 0 Å². The number of benzene rings is 1. The Labute approximate surface area is 95.8 Å². The van der Waals surface area contributed by atoms with Crippen LogP contribution in [0.5, 0.6) is 5.75 Å². The van der Waals surface area contributed by atoms with Crippen LogP contribution in [0.4, 0.5) is 8.78 Å². The van der Waals surface area contributed by atoms with Gasteiger partial charge in [0, 0.05) is 0 Å². The Morgan fingerprint density at radius 3 is 2.50 bits per heavy atom. The molecule has 1 nitrogen and oxygen atoms in total. The lowest BCUT2D eigenvalue weighted by atomic mass is 10.3. The molecule has 0 bridgehead atoms. The van der Waals surface area contributed by atoms with Crippen LogP contribution in [0.15, 0.2) is 12.1 Å². The van der Waals surface area contributed by atoms with E-state index in [-0.39, 0.29) is 5.82 Å². The normalized spacial score (nSPS) is 10.0.